The summed E-state index contributed by atoms with van der Waals surface area (Å²) in [6, 6.07) is 7.05. The quantitative estimate of drug-likeness (QED) is 0.830. The number of fused-ring (bicyclic) bond motifs is 1. The van der Waals surface area contributed by atoms with Crippen molar-refractivity contribution in [3.63, 3.8) is 0 Å². The molecule has 6 heteroatoms. The van der Waals surface area contributed by atoms with Crippen LogP contribution in [-0.4, -0.2) is 47.8 Å². The van der Waals surface area contributed by atoms with Crippen molar-refractivity contribution in [2.24, 2.45) is 0 Å². The number of halogens is 1. The lowest BCUT2D eigenvalue weighted by Gasteiger charge is -2.29. The number of ether oxygens (including phenoxy) is 1. The van der Waals surface area contributed by atoms with E-state index in [2.05, 4.69) is 9.88 Å². The second kappa shape index (κ2) is 6.50. The van der Waals surface area contributed by atoms with E-state index < -0.39 is 5.60 Å². The number of benzene rings is 1. The summed E-state index contributed by atoms with van der Waals surface area (Å²) in [5.41, 5.74) is 0.786. The topological polar surface area (TPSA) is 45.7 Å². The van der Waals surface area contributed by atoms with Crippen LogP contribution in [0.15, 0.2) is 30.5 Å². The molecule has 1 aliphatic heterocycles. The number of aromatic nitrogens is 1. The Morgan fingerprint density at radius 2 is 2.12 bits per heavy atom. The van der Waals surface area contributed by atoms with Gasteiger partial charge in [0.2, 0.25) is 0 Å². The van der Waals surface area contributed by atoms with E-state index in [0.717, 1.165) is 17.5 Å². The van der Waals surface area contributed by atoms with Crippen LogP contribution in [0.25, 0.3) is 10.9 Å². The Labute approximate surface area is 147 Å². The highest BCUT2D eigenvalue weighted by Crippen LogP contribution is 2.30. The first-order valence-electron chi connectivity index (χ1n) is 8.50. The van der Waals surface area contributed by atoms with Gasteiger partial charge in [0.25, 0.3) is 0 Å². The second-order valence-corrected chi connectivity index (χ2v) is 7.45. The van der Waals surface area contributed by atoms with E-state index in [1.54, 1.807) is 23.2 Å². The molecule has 0 spiro atoms. The van der Waals surface area contributed by atoms with Crippen molar-refractivity contribution >= 4 is 22.7 Å². The number of anilines is 1. The van der Waals surface area contributed by atoms with E-state index in [9.17, 15) is 9.18 Å². The van der Waals surface area contributed by atoms with Gasteiger partial charge in [-0.15, -0.1) is 0 Å². The van der Waals surface area contributed by atoms with Crippen LogP contribution in [-0.2, 0) is 4.74 Å². The molecule has 3 rings (SSSR count). The minimum absolute atomic E-state index is 0.154. The number of hydrogen-bond acceptors (Lipinski definition) is 4. The van der Waals surface area contributed by atoms with Crippen LogP contribution >= 0.6 is 0 Å². The molecule has 1 saturated heterocycles. The maximum Gasteiger partial charge on any atom is 0.410 e. The van der Waals surface area contributed by atoms with Gasteiger partial charge in [-0.25, -0.2) is 9.18 Å². The maximum absolute atomic E-state index is 14.0. The highest BCUT2D eigenvalue weighted by Gasteiger charge is 2.32. The maximum atomic E-state index is 14.0. The van der Waals surface area contributed by atoms with Crippen molar-refractivity contribution in [2.75, 3.05) is 25.0 Å². The highest BCUT2D eigenvalue weighted by molar-refractivity contribution is 5.92. The third-order valence-electron chi connectivity index (χ3n) is 4.44. The van der Waals surface area contributed by atoms with Crippen molar-refractivity contribution in [3.05, 3.63) is 36.3 Å². The summed E-state index contributed by atoms with van der Waals surface area (Å²) in [4.78, 5) is 20.2. The molecule has 2 aromatic rings. The number of nitrogens with zero attached hydrogens (tertiary/aromatic N) is 3. The van der Waals surface area contributed by atoms with Gasteiger partial charge in [-0.2, -0.15) is 0 Å². The zero-order valence-corrected chi connectivity index (χ0v) is 15.1. The van der Waals surface area contributed by atoms with Crippen molar-refractivity contribution in [3.8, 4) is 0 Å². The molecule has 5 nitrogen and oxygen atoms in total. The number of carbonyl (C=O) groups excluding carboxylic acids is 1. The second-order valence-electron chi connectivity index (χ2n) is 7.45. The Bertz CT molecular complexity index is 788. The molecule has 1 fully saturated rings. The summed E-state index contributed by atoms with van der Waals surface area (Å²) in [7, 11) is 1.98. The Morgan fingerprint density at radius 1 is 1.36 bits per heavy atom. The third-order valence-corrected chi connectivity index (χ3v) is 4.44. The zero-order valence-electron chi connectivity index (χ0n) is 15.1. The van der Waals surface area contributed by atoms with Crippen LogP contribution in [0.5, 0.6) is 0 Å². The molecule has 0 bridgehead atoms. The lowest BCUT2D eigenvalue weighted by Crippen LogP contribution is -2.39. The number of likely N-dealkylation sites (N-methyl/N-ethyl adjacent to an activating group) is 1. The first-order valence-corrected chi connectivity index (χ1v) is 8.50. The Hall–Kier alpha value is -2.37. The number of likely N-dealkylation sites (tertiary alicyclic amines) is 1. The lowest BCUT2D eigenvalue weighted by atomic mass is 10.1. The van der Waals surface area contributed by atoms with Crippen LogP contribution in [0.3, 0.4) is 0 Å². The number of rotatable bonds is 2. The first-order chi connectivity index (χ1) is 11.8. The van der Waals surface area contributed by atoms with E-state index in [1.165, 1.54) is 6.07 Å². The third kappa shape index (κ3) is 3.67. The largest absolute Gasteiger partial charge is 0.444 e. The Kier molecular flexibility index (Phi) is 4.54. The summed E-state index contributed by atoms with van der Waals surface area (Å²) in [5.74, 6) is -0.324. The average Bonchev–Trinajstić information content (AvgIpc) is 3.03. The normalized spacial score (nSPS) is 17.8. The van der Waals surface area contributed by atoms with E-state index in [4.69, 9.17) is 4.74 Å². The van der Waals surface area contributed by atoms with Crippen molar-refractivity contribution in [1.82, 2.24) is 9.88 Å². The molecule has 1 amide bonds. The summed E-state index contributed by atoms with van der Waals surface area (Å²) < 4.78 is 19.4. The molecule has 25 heavy (non-hydrogen) atoms. The van der Waals surface area contributed by atoms with E-state index in [-0.39, 0.29) is 18.0 Å². The predicted molar refractivity (Wildman–Crippen MR) is 96.3 cm³/mol. The lowest BCUT2D eigenvalue weighted by molar-refractivity contribution is 0.0292. The molecule has 0 saturated carbocycles. The van der Waals surface area contributed by atoms with E-state index >= 15 is 0 Å². The SMILES string of the molecule is CN(c1ccc(F)c2ncccc12)[C@H]1CCN(C(=O)OC(C)(C)C)C1. The number of amides is 1. The van der Waals surface area contributed by atoms with Crippen LogP contribution in [0.1, 0.15) is 27.2 Å². The predicted octanol–water partition coefficient (Wildman–Crippen LogP) is 3.82. The zero-order chi connectivity index (χ0) is 18.2. The van der Waals surface area contributed by atoms with Gasteiger partial charge >= 0.3 is 6.09 Å². The van der Waals surface area contributed by atoms with Gasteiger partial charge in [0.15, 0.2) is 0 Å². The summed E-state index contributed by atoms with van der Waals surface area (Å²) in [5, 5.41) is 0.778. The summed E-state index contributed by atoms with van der Waals surface area (Å²) in [6.45, 7) is 6.83. The molecule has 2 heterocycles. The van der Waals surface area contributed by atoms with Crippen molar-refractivity contribution in [2.45, 2.75) is 38.8 Å². The van der Waals surface area contributed by atoms with Gasteiger partial charge in [0, 0.05) is 43.4 Å². The van der Waals surface area contributed by atoms with E-state index in [1.807, 2.05) is 33.9 Å². The number of carbonyl (C=O) groups is 1. The van der Waals surface area contributed by atoms with Gasteiger partial charge in [-0.3, -0.25) is 4.98 Å². The van der Waals surface area contributed by atoms with Crippen molar-refractivity contribution in [1.29, 1.82) is 0 Å². The molecule has 1 aromatic heterocycles. The van der Waals surface area contributed by atoms with Gasteiger partial charge in [-0.05, 0) is 51.5 Å². The fourth-order valence-electron chi connectivity index (χ4n) is 3.18. The van der Waals surface area contributed by atoms with Crippen LogP contribution in [0.4, 0.5) is 14.9 Å². The summed E-state index contributed by atoms with van der Waals surface area (Å²) in [6.07, 6.45) is 2.15. The van der Waals surface area contributed by atoms with Gasteiger partial charge in [-0.1, -0.05) is 0 Å². The standard InChI is InChI=1S/C19H24FN3O2/c1-19(2,3)25-18(24)23-11-9-13(12-23)22(4)16-8-7-15(20)17-14(16)6-5-10-21-17/h5-8,10,13H,9,11-12H2,1-4H3/t13-/m0/s1. The highest BCUT2D eigenvalue weighted by atomic mass is 19.1. The number of hydrogen-bond donors (Lipinski definition) is 0. The van der Waals surface area contributed by atoms with Crippen LogP contribution < -0.4 is 4.90 Å². The smallest absolute Gasteiger partial charge is 0.410 e. The molecule has 0 N–H and O–H groups in total. The van der Waals surface area contributed by atoms with Crippen molar-refractivity contribution < 1.29 is 13.9 Å². The molecular weight excluding hydrogens is 321 g/mol. The minimum Gasteiger partial charge on any atom is -0.444 e. The fourth-order valence-corrected chi connectivity index (χ4v) is 3.18. The molecule has 0 aliphatic carbocycles. The molecule has 1 aromatic carbocycles. The van der Waals surface area contributed by atoms with E-state index in [0.29, 0.717) is 18.6 Å². The average molecular weight is 345 g/mol. The molecular formula is C19H24FN3O2. The Balaban J connectivity index is 1.78. The minimum atomic E-state index is -0.500. The van der Waals surface area contributed by atoms with Gasteiger partial charge in [0.1, 0.15) is 16.9 Å². The molecule has 1 aliphatic rings. The Morgan fingerprint density at radius 3 is 2.84 bits per heavy atom. The monoisotopic (exact) mass is 345 g/mol. The summed E-state index contributed by atoms with van der Waals surface area (Å²) >= 11 is 0. The van der Waals surface area contributed by atoms with Gasteiger partial charge in [0.05, 0.1) is 0 Å². The fraction of sp³-hybridized carbons (Fsp3) is 0.474. The number of pyridine rings is 1. The van der Waals surface area contributed by atoms with Gasteiger partial charge < -0.3 is 14.5 Å². The van der Waals surface area contributed by atoms with Crippen LogP contribution in [0.2, 0.25) is 0 Å². The molecule has 134 valence electrons. The molecule has 1 atom stereocenters. The van der Waals surface area contributed by atoms with Crippen LogP contribution in [0, 0.1) is 5.82 Å². The molecule has 0 unspecified atom stereocenters. The molecule has 0 radical (unpaired) electrons. The first kappa shape index (κ1) is 17.5.